The molecule has 33 heavy (non-hydrogen) atoms. The summed E-state index contributed by atoms with van der Waals surface area (Å²) >= 11 is 0. The van der Waals surface area contributed by atoms with Gasteiger partial charge in [0.1, 0.15) is 0 Å². The lowest BCUT2D eigenvalue weighted by molar-refractivity contribution is -0.114. The summed E-state index contributed by atoms with van der Waals surface area (Å²) in [6.45, 7) is 9.24. The number of nitrogens with zero attached hydrogens (tertiary/aromatic N) is 3. The standard InChI is InChI=1S/C26H30N4O3/c1-17(31)27-22-13-9-18(10-14-22)23-28-24(33-29-23)20-6-5-15-30(16-20)25(32)19-7-11-21(12-8-19)26(2,3)4/h7-14,20H,5-6,15-16H2,1-4H3,(H,27,31). The zero-order chi connectivity index (χ0) is 23.6. The van der Waals surface area contributed by atoms with E-state index in [1.54, 1.807) is 12.1 Å². The van der Waals surface area contributed by atoms with Gasteiger partial charge in [0.15, 0.2) is 0 Å². The van der Waals surface area contributed by atoms with Crippen LogP contribution in [-0.2, 0) is 10.2 Å². The van der Waals surface area contributed by atoms with E-state index >= 15 is 0 Å². The van der Waals surface area contributed by atoms with Gasteiger partial charge >= 0.3 is 0 Å². The second kappa shape index (κ2) is 9.17. The first kappa shape index (κ1) is 22.7. The zero-order valence-corrected chi connectivity index (χ0v) is 19.6. The van der Waals surface area contributed by atoms with Crippen LogP contribution in [0.4, 0.5) is 5.69 Å². The molecule has 2 aromatic carbocycles. The number of benzene rings is 2. The van der Waals surface area contributed by atoms with Gasteiger partial charge in [0.25, 0.3) is 5.91 Å². The fourth-order valence-corrected chi connectivity index (χ4v) is 4.08. The summed E-state index contributed by atoms with van der Waals surface area (Å²) in [4.78, 5) is 30.8. The van der Waals surface area contributed by atoms with Crippen molar-refractivity contribution < 1.29 is 14.1 Å². The summed E-state index contributed by atoms with van der Waals surface area (Å²) in [5, 5.41) is 6.87. The topological polar surface area (TPSA) is 88.3 Å². The molecule has 0 bridgehead atoms. The van der Waals surface area contributed by atoms with E-state index in [4.69, 9.17) is 4.52 Å². The molecule has 0 spiro atoms. The highest BCUT2D eigenvalue weighted by Crippen LogP contribution is 2.29. The van der Waals surface area contributed by atoms with Gasteiger partial charge in [0.2, 0.25) is 17.6 Å². The summed E-state index contributed by atoms with van der Waals surface area (Å²) in [7, 11) is 0. The lowest BCUT2D eigenvalue weighted by Crippen LogP contribution is -2.39. The molecule has 4 rings (SSSR count). The SMILES string of the molecule is CC(=O)Nc1ccc(-c2noc(C3CCCN(C(=O)c4ccc(C(C)(C)C)cc4)C3)n2)cc1. The molecule has 1 atom stereocenters. The average molecular weight is 447 g/mol. The van der Waals surface area contributed by atoms with Gasteiger partial charge in [-0.15, -0.1) is 0 Å². The molecule has 1 aliphatic rings. The number of hydrogen-bond acceptors (Lipinski definition) is 5. The molecule has 1 N–H and O–H groups in total. The molecule has 1 fully saturated rings. The molecule has 2 amide bonds. The van der Waals surface area contributed by atoms with Gasteiger partial charge < -0.3 is 14.7 Å². The molecule has 0 aliphatic carbocycles. The molecule has 3 aromatic rings. The first-order chi connectivity index (χ1) is 15.7. The summed E-state index contributed by atoms with van der Waals surface area (Å²) < 4.78 is 5.57. The number of piperidine rings is 1. The van der Waals surface area contributed by atoms with Gasteiger partial charge in [-0.1, -0.05) is 38.1 Å². The molecule has 2 heterocycles. The van der Waals surface area contributed by atoms with Crippen molar-refractivity contribution in [1.82, 2.24) is 15.0 Å². The minimum Gasteiger partial charge on any atom is -0.339 e. The van der Waals surface area contributed by atoms with Crippen LogP contribution in [0.5, 0.6) is 0 Å². The minimum absolute atomic E-state index is 0.0106. The molecule has 1 saturated heterocycles. The lowest BCUT2D eigenvalue weighted by atomic mass is 9.86. The van der Waals surface area contributed by atoms with Crippen molar-refractivity contribution in [2.45, 2.75) is 51.9 Å². The quantitative estimate of drug-likeness (QED) is 0.608. The van der Waals surface area contributed by atoms with Crippen LogP contribution in [0, 0.1) is 0 Å². The van der Waals surface area contributed by atoms with E-state index in [0.717, 1.165) is 24.9 Å². The van der Waals surface area contributed by atoms with E-state index in [1.165, 1.54) is 12.5 Å². The maximum absolute atomic E-state index is 13.1. The molecular weight excluding hydrogens is 416 g/mol. The van der Waals surface area contributed by atoms with Crippen LogP contribution in [0.3, 0.4) is 0 Å². The van der Waals surface area contributed by atoms with Crippen LogP contribution < -0.4 is 5.32 Å². The zero-order valence-electron chi connectivity index (χ0n) is 19.6. The fourth-order valence-electron chi connectivity index (χ4n) is 4.08. The third-order valence-electron chi connectivity index (χ3n) is 5.96. The van der Waals surface area contributed by atoms with Gasteiger partial charge in [-0.05, 0) is 60.2 Å². The summed E-state index contributed by atoms with van der Waals surface area (Å²) in [6.07, 6.45) is 1.79. The highest BCUT2D eigenvalue weighted by Gasteiger charge is 2.29. The summed E-state index contributed by atoms with van der Waals surface area (Å²) in [5.74, 6) is 0.980. The van der Waals surface area contributed by atoms with Gasteiger partial charge in [-0.2, -0.15) is 4.98 Å². The van der Waals surface area contributed by atoms with Crippen molar-refractivity contribution in [3.63, 3.8) is 0 Å². The van der Waals surface area contributed by atoms with Crippen LogP contribution in [0.1, 0.15) is 68.3 Å². The van der Waals surface area contributed by atoms with E-state index in [-0.39, 0.29) is 23.1 Å². The van der Waals surface area contributed by atoms with Crippen LogP contribution in [0.15, 0.2) is 53.1 Å². The highest BCUT2D eigenvalue weighted by atomic mass is 16.5. The van der Waals surface area contributed by atoms with Crippen molar-refractivity contribution in [3.05, 3.63) is 65.5 Å². The molecular formula is C26H30N4O3. The van der Waals surface area contributed by atoms with Gasteiger partial charge in [0.05, 0.1) is 5.92 Å². The van der Waals surface area contributed by atoms with Crippen LogP contribution in [-0.4, -0.2) is 39.9 Å². The molecule has 7 nitrogen and oxygen atoms in total. The molecule has 1 aliphatic heterocycles. The van der Waals surface area contributed by atoms with E-state index < -0.39 is 0 Å². The van der Waals surface area contributed by atoms with Crippen molar-refractivity contribution in [2.75, 3.05) is 18.4 Å². The number of rotatable bonds is 4. The van der Waals surface area contributed by atoms with Crippen molar-refractivity contribution in [3.8, 4) is 11.4 Å². The molecule has 7 heteroatoms. The Balaban J connectivity index is 1.44. The van der Waals surface area contributed by atoms with Crippen LogP contribution >= 0.6 is 0 Å². The Bertz CT molecular complexity index is 1130. The maximum atomic E-state index is 13.1. The smallest absolute Gasteiger partial charge is 0.253 e. The third-order valence-corrected chi connectivity index (χ3v) is 5.96. The highest BCUT2D eigenvalue weighted by molar-refractivity contribution is 5.94. The normalized spacial score (nSPS) is 16.5. The van der Waals surface area contributed by atoms with Crippen molar-refractivity contribution >= 4 is 17.5 Å². The summed E-state index contributed by atoms with van der Waals surface area (Å²) in [5.41, 5.74) is 3.49. The largest absolute Gasteiger partial charge is 0.339 e. The molecule has 1 aromatic heterocycles. The van der Waals surface area contributed by atoms with E-state index in [2.05, 4.69) is 36.2 Å². The van der Waals surface area contributed by atoms with Crippen molar-refractivity contribution in [2.24, 2.45) is 0 Å². The predicted octanol–water partition coefficient (Wildman–Crippen LogP) is 5.01. The van der Waals surface area contributed by atoms with Crippen LogP contribution in [0.25, 0.3) is 11.4 Å². The first-order valence-corrected chi connectivity index (χ1v) is 11.3. The van der Waals surface area contributed by atoms with Gasteiger partial charge in [-0.25, -0.2) is 0 Å². The van der Waals surface area contributed by atoms with E-state index in [1.807, 2.05) is 41.3 Å². The average Bonchev–Trinajstić information content (AvgIpc) is 3.29. The Labute approximate surface area is 194 Å². The Hall–Kier alpha value is -3.48. The summed E-state index contributed by atoms with van der Waals surface area (Å²) in [6, 6.07) is 15.2. The molecule has 0 saturated carbocycles. The van der Waals surface area contributed by atoms with Crippen LogP contribution in [0.2, 0.25) is 0 Å². The lowest BCUT2D eigenvalue weighted by Gasteiger charge is -2.31. The van der Waals surface area contributed by atoms with Crippen molar-refractivity contribution in [1.29, 1.82) is 0 Å². The minimum atomic E-state index is -0.119. The number of likely N-dealkylation sites (tertiary alicyclic amines) is 1. The number of amides is 2. The Morgan fingerprint density at radius 3 is 2.39 bits per heavy atom. The Morgan fingerprint density at radius 1 is 1.06 bits per heavy atom. The number of carbonyl (C=O) groups is 2. The second-order valence-electron chi connectivity index (χ2n) is 9.63. The number of hydrogen-bond donors (Lipinski definition) is 1. The Kier molecular flexibility index (Phi) is 6.31. The van der Waals surface area contributed by atoms with Gasteiger partial charge in [-0.3, -0.25) is 9.59 Å². The molecule has 172 valence electrons. The van der Waals surface area contributed by atoms with Gasteiger partial charge in [0, 0.05) is 36.8 Å². The Morgan fingerprint density at radius 2 is 1.76 bits per heavy atom. The predicted molar refractivity (Wildman–Crippen MR) is 127 cm³/mol. The third kappa shape index (κ3) is 5.30. The van der Waals surface area contributed by atoms with E-state index in [0.29, 0.717) is 29.5 Å². The maximum Gasteiger partial charge on any atom is 0.253 e. The monoisotopic (exact) mass is 446 g/mol. The fraction of sp³-hybridized carbons (Fsp3) is 0.385. The molecule has 1 unspecified atom stereocenters. The number of carbonyl (C=O) groups excluding carboxylic acids is 2. The number of anilines is 1. The van der Waals surface area contributed by atoms with E-state index in [9.17, 15) is 9.59 Å². The first-order valence-electron chi connectivity index (χ1n) is 11.3. The number of aromatic nitrogens is 2. The second-order valence-corrected chi connectivity index (χ2v) is 9.63. The molecule has 0 radical (unpaired) electrons. The number of nitrogens with one attached hydrogen (secondary N) is 1.